The summed E-state index contributed by atoms with van der Waals surface area (Å²) in [4.78, 5) is 23.8. The van der Waals surface area contributed by atoms with E-state index in [-0.39, 0.29) is 18.1 Å². The second kappa shape index (κ2) is 5.29. The molecule has 0 aromatic heterocycles. The molecule has 4 unspecified atom stereocenters. The molecule has 4 rings (SSSR count). The van der Waals surface area contributed by atoms with E-state index in [1.807, 2.05) is 0 Å². The van der Waals surface area contributed by atoms with Gasteiger partial charge in [0.05, 0.1) is 6.10 Å². The van der Waals surface area contributed by atoms with E-state index in [1.54, 1.807) is 26.8 Å². The van der Waals surface area contributed by atoms with Crippen molar-refractivity contribution in [2.75, 3.05) is 0 Å². The minimum atomic E-state index is -2.00. The Morgan fingerprint density at radius 1 is 1.30 bits per heavy atom. The van der Waals surface area contributed by atoms with Crippen LogP contribution in [0.4, 0.5) is 4.39 Å². The normalized spacial score (nSPS) is 54.0. The first kappa shape index (κ1) is 18.8. The number of hydrogen-bond acceptors (Lipinski definition) is 4. The van der Waals surface area contributed by atoms with Crippen LogP contribution >= 0.6 is 0 Å². The third-order valence-electron chi connectivity index (χ3n) is 8.55. The number of aliphatic carboxylic acids is 1. The Kier molecular flexibility index (Phi) is 3.69. The number of ketones is 1. The van der Waals surface area contributed by atoms with Crippen molar-refractivity contribution in [2.24, 2.45) is 28.6 Å². The maximum absolute atomic E-state index is 16.8. The number of carboxylic acid groups (broad SMARTS) is 1. The lowest BCUT2D eigenvalue weighted by Crippen LogP contribution is -2.69. The van der Waals surface area contributed by atoms with Crippen LogP contribution in [0.2, 0.25) is 0 Å². The number of carbonyl (C=O) groups is 2. The molecule has 0 aromatic rings. The molecule has 4 aliphatic carbocycles. The third-order valence-corrected chi connectivity index (χ3v) is 8.55. The van der Waals surface area contributed by atoms with Crippen molar-refractivity contribution in [1.29, 1.82) is 0 Å². The molecule has 0 radical (unpaired) electrons. The Labute approximate surface area is 158 Å². The van der Waals surface area contributed by atoms with Gasteiger partial charge < -0.3 is 15.3 Å². The summed E-state index contributed by atoms with van der Waals surface area (Å²) in [6, 6.07) is 0. The maximum atomic E-state index is 16.8. The van der Waals surface area contributed by atoms with Gasteiger partial charge in [0.15, 0.2) is 17.1 Å². The van der Waals surface area contributed by atoms with Crippen molar-refractivity contribution in [3.63, 3.8) is 0 Å². The first-order valence-electron chi connectivity index (χ1n) is 9.70. The minimum absolute atomic E-state index is 0.123. The second-order valence-corrected chi connectivity index (χ2v) is 9.47. The van der Waals surface area contributed by atoms with Gasteiger partial charge in [0.2, 0.25) is 0 Å². The zero-order valence-electron chi connectivity index (χ0n) is 15.9. The zero-order valence-corrected chi connectivity index (χ0v) is 15.9. The zero-order chi connectivity index (χ0) is 20.0. The molecule has 5 nitrogen and oxygen atoms in total. The number of fused-ring (bicyclic) bond motifs is 5. The van der Waals surface area contributed by atoms with E-state index in [2.05, 4.69) is 0 Å². The monoisotopic (exact) mass is 378 g/mol. The van der Waals surface area contributed by atoms with Crippen molar-refractivity contribution < 1.29 is 29.3 Å². The fraction of sp³-hybridized carbons (Fsp3) is 0.714. The van der Waals surface area contributed by atoms with Gasteiger partial charge in [0, 0.05) is 16.7 Å². The molecule has 0 heterocycles. The molecular formula is C21H27FO5. The predicted molar refractivity (Wildman–Crippen MR) is 95.5 cm³/mol. The molecule has 3 saturated carbocycles. The summed E-state index contributed by atoms with van der Waals surface area (Å²) in [6.07, 6.45) is 4.22. The Morgan fingerprint density at radius 2 is 1.96 bits per heavy atom. The molecule has 6 heteroatoms. The molecule has 8 atom stereocenters. The smallest absolute Gasteiger partial charge is 0.336 e. The van der Waals surface area contributed by atoms with Gasteiger partial charge in [-0.2, -0.15) is 0 Å². The van der Waals surface area contributed by atoms with Gasteiger partial charge in [-0.25, -0.2) is 9.18 Å². The van der Waals surface area contributed by atoms with E-state index in [4.69, 9.17) is 0 Å². The summed E-state index contributed by atoms with van der Waals surface area (Å²) in [6.45, 7) is 5.10. The van der Waals surface area contributed by atoms with Crippen LogP contribution in [0.25, 0.3) is 0 Å². The average molecular weight is 378 g/mol. The molecule has 0 aromatic carbocycles. The Bertz CT molecular complexity index is 789. The summed E-state index contributed by atoms with van der Waals surface area (Å²) in [7, 11) is 0. The van der Waals surface area contributed by atoms with E-state index < -0.39 is 46.0 Å². The van der Waals surface area contributed by atoms with Crippen LogP contribution in [0.5, 0.6) is 0 Å². The van der Waals surface area contributed by atoms with Crippen LogP contribution < -0.4 is 0 Å². The van der Waals surface area contributed by atoms with E-state index >= 15 is 4.39 Å². The first-order chi connectivity index (χ1) is 12.4. The van der Waals surface area contributed by atoms with Crippen LogP contribution in [0.3, 0.4) is 0 Å². The van der Waals surface area contributed by atoms with Crippen LogP contribution in [0.1, 0.15) is 46.5 Å². The van der Waals surface area contributed by atoms with Gasteiger partial charge in [-0.3, -0.25) is 4.79 Å². The molecule has 27 heavy (non-hydrogen) atoms. The van der Waals surface area contributed by atoms with Gasteiger partial charge in [-0.05, 0) is 56.6 Å². The number of aliphatic hydroxyl groups is 2. The first-order valence-corrected chi connectivity index (χ1v) is 9.70. The highest BCUT2D eigenvalue weighted by atomic mass is 19.1. The number of halogens is 1. The van der Waals surface area contributed by atoms with E-state index in [0.29, 0.717) is 24.8 Å². The van der Waals surface area contributed by atoms with Crippen molar-refractivity contribution in [3.8, 4) is 0 Å². The van der Waals surface area contributed by atoms with E-state index in [9.17, 15) is 24.9 Å². The fourth-order valence-corrected chi connectivity index (χ4v) is 7.00. The quantitative estimate of drug-likeness (QED) is 0.651. The summed E-state index contributed by atoms with van der Waals surface area (Å²) >= 11 is 0. The van der Waals surface area contributed by atoms with Crippen LogP contribution in [0.15, 0.2) is 23.8 Å². The van der Waals surface area contributed by atoms with Crippen molar-refractivity contribution in [2.45, 2.75) is 63.8 Å². The van der Waals surface area contributed by atoms with Gasteiger partial charge in [0.25, 0.3) is 0 Å². The molecule has 0 aliphatic heterocycles. The summed E-state index contributed by atoms with van der Waals surface area (Å²) in [5.74, 6) is -2.94. The molecule has 4 aliphatic rings. The van der Waals surface area contributed by atoms with Crippen molar-refractivity contribution >= 4 is 11.8 Å². The van der Waals surface area contributed by atoms with Gasteiger partial charge >= 0.3 is 5.97 Å². The van der Waals surface area contributed by atoms with Crippen LogP contribution in [-0.4, -0.2) is 44.4 Å². The van der Waals surface area contributed by atoms with Gasteiger partial charge in [-0.15, -0.1) is 0 Å². The van der Waals surface area contributed by atoms with Gasteiger partial charge in [-0.1, -0.05) is 25.5 Å². The van der Waals surface area contributed by atoms with Crippen molar-refractivity contribution in [3.05, 3.63) is 23.8 Å². The number of hydrogen-bond donors (Lipinski definition) is 3. The van der Waals surface area contributed by atoms with Crippen LogP contribution in [-0.2, 0) is 9.59 Å². The Balaban J connectivity index is 1.85. The molecule has 3 fully saturated rings. The molecule has 0 saturated heterocycles. The number of aliphatic hydroxyl groups excluding tert-OH is 1. The standard InChI is InChI=1S/C21H27FO5/c1-11-8-15-14-5-4-12-9-13(23)6-7-18(12,2)20(14,22)16(24)10-19(15,3)21(11,27)17(25)26/h6-7,9,11,14-16,24,27H,4-5,8,10H2,1-3H3,(H,25,26)/t11?,14?,15?,16?,18-,19-,20-,21-/m0/s1. The molecule has 0 amide bonds. The number of carbonyl (C=O) groups excluding carboxylic acids is 1. The largest absolute Gasteiger partial charge is 0.479 e. The molecule has 0 bridgehead atoms. The predicted octanol–water partition coefficient (Wildman–Crippen LogP) is 2.42. The lowest BCUT2D eigenvalue weighted by Gasteiger charge is -2.62. The summed E-state index contributed by atoms with van der Waals surface area (Å²) in [5.41, 5.74) is -5.51. The molecule has 3 N–H and O–H groups in total. The molecule has 0 spiro atoms. The highest BCUT2D eigenvalue weighted by molar-refractivity contribution is 6.01. The Hall–Kier alpha value is -1.53. The fourth-order valence-electron chi connectivity index (χ4n) is 7.00. The lowest BCUT2D eigenvalue weighted by molar-refractivity contribution is -0.225. The number of allylic oxidation sites excluding steroid dienone is 4. The second-order valence-electron chi connectivity index (χ2n) is 9.47. The maximum Gasteiger partial charge on any atom is 0.336 e. The van der Waals surface area contributed by atoms with Crippen LogP contribution in [0, 0.1) is 28.6 Å². The highest BCUT2D eigenvalue weighted by Crippen LogP contribution is 2.70. The van der Waals surface area contributed by atoms with Crippen molar-refractivity contribution in [1.82, 2.24) is 0 Å². The van der Waals surface area contributed by atoms with E-state index in [0.717, 1.165) is 0 Å². The third kappa shape index (κ3) is 1.91. The molecule has 148 valence electrons. The molecular weight excluding hydrogens is 351 g/mol. The Morgan fingerprint density at radius 3 is 2.59 bits per heavy atom. The number of carboxylic acids is 1. The topological polar surface area (TPSA) is 94.8 Å². The van der Waals surface area contributed by atoms with E-state index in [1.165, 1.54) is 12.2 Å². The number of alkyl halides is 1. The average Bonchev–Trinajstić information content (AvgIpc) is 2.79. The van der Waals surface area contributed by atoms with Gasteiger partial charge in [0.1, 0.15) is 0 Å². The summed E-state index contributed by atoms with van der Waals surface area (Å²) in [5, 5.41) is 31.9. The SMILES string of the molecule is CC1CC2C3CCC4=CC(=O)C=C[C@]4(C)[C@@]3(F)C(O)C[C@]2(C)[C@@]1(O)C(=O)O. The highest BCUT2D eigenvalue weighted by Gasteiger charge is 2.76. The number of rotatable bonds is 1. The summed E-state index contributed by atoms with van der Waals surface area (Å²) < 4.78 is 16.8. The minimum Gasteiger partial charge on any atom is -0.479 e. The lowest BCUT2D eigenvalue weighted by atomic mass is 9.45.